The molecule has 1 aliphatic heterocycles. The van der Waals surface area contributed by atoms with Gasteiger partial charge in [-0.05, 0) is 61.1 Å². The van der Waals surface area contributed by atoms with Crippen LogP contribution in [-0.4, -0.2) is 24.7 Å². The van der Waals surface area contributed by atoms with Crippen molar-refractivity contribution in [2.24, 2.45) is 11.3 Å². The minimum absolute atomic E-state index is 0.137. The largest absolute Gasteiger partial charge is 0.381 e. The van der Waals surface area contributed by atoms with Crippen LogP contribution in [0, 0.1) is 22.7 Å². The Kier molecular flexibility index (Phi) is 5.39. The molecule has 4 nitrogen and oxygen atoms in total. The molecule has 1 heterocycles. The fraction of sp³-hybridized carbons (Fsp3) is 0.636. The maximum atomic E-state index is 12.8. The van der Waals surface area contributed by atoms with E-state index in [2.05, 4.69) is 38.2 Å². The number of nitriles is 1. The highest BCUT2D eigenvalue weighted by Crippen LogP contribution is 2.41. The molecule has 1 atom stereocenters. The van der Waals surface area contributed by atoms with Gasteiger partial charge in [0.25, 0.3) is 5.91 Å². The average molecular weight is 354 g/mol. The summed E-state index contributed by atoms with van der Waals surface area (Å²) in [5.74, 6) is 0.836. The number of nitrogens with zero attached hydrogens (tertiary/aromatic N) is 1. The molecular formula is C22H30N2O2. The van der Waals surface area contributed by atoms with Crippen molar-refractivity contribution in [3.05, 3.63) is 35.4 Å². The van der Waals surface area contributed by atoms with Crippen LogP contribution in [0.2, 0.25) is 0 Å². The minimum atomic E-state index is -0.731. The zero-order valence-electron chi connectivity index (χ0n) is 16.2. The highest BCUT2D eigenvalue weighted by atomic mass is 16.5. The van der Waals surface area contributed by atoms with Crippen molar-refractivity contribution in [1.29, 1.82) is 5.26 Å². The number of nitrogens with one attached hydrogen (secondary N) is 1. The zero-order valence-corrected chi connectivity index (χ0v) is 16.2. The normalized spacial score (nSPS) is 29.2. The molecule has 1 amide bonds. The van der Waals surface area contributed by atoms with Gasteiger partial charge in [0.05, 0.1) is 12.7 Å². The molecule has 1 unspecified atom stereocenters. The number of carbonyl (C=O) groups is 1. The maximum absolute atomic E-state index is 12.8. The lowest BCUT2D eigenvalue weighted by Crippen LogP contribution is -2.50. The van der Waals surface area contributed by atoms with Gasteiger partial charge in [0, 0.05) is 18.1 Å². The van der Waals surface area contributed by atoms with E-state index in [4.69, 9.17) is 4.74 Å². The lowest BCUT2D eigenvalue weighted by atomic mass is 9.67. The van der Waals surface area contributed by atoms with Gasteiger partial charge in [-0.1, -0.05) is 32.9 Å². The highest BCUT2D eigenvalue weighted by Gasteiger charge is 2.40. The summed E-state index contributed by atoms with van der Waals surface area (Å²) in [6.45, 7) is 8.28. The van der Waals surface area contributed by atoms with E-state index >= 15 is 0 Å². The molecule has 0 spiro atoms. The van der Waals surface area contributed by atoms with Crippen molar-refractivity contribution in [3.63, 3.8) is 0 Å². The van der Waals surface area contributed by atoms with Gasteiger partial charge >= 0.3 is 0 Å². The van der Waals surface area contributed by atoms with Gasteiger partial charge in [0.15, 0.2) is 0 Å². The summed E-state index contributed by atoms with van der Waals surface area (Å²) < 4.78 is 5.46. The van der Waals surface area contributed by atoms with Gasteiger partial charge < -0.3 is 10.1 Å². The molecule has 1 aromatic rings. The summed E-state index contributed by atoms with van der Waals surface area (Å²) in [6, 6.07) is 10.2. The monoisotopic (exact) mass is 354 g/mol. The first-order chi connectivity index (χ1) is 12.3. The van der Waals surface area contributed by atoms with Crippen molar-refractivity contribution in [2.75, 3.05) is 13.2 Å². The standard InChI is InChI=1S/C22H30N2O2/c1-21(2,3)19-7-10-22(15-23,11-8-19)24-20(25)17-6-4-5-16(13-17)18-9-12-26-14-18/h4-6,13,18-19H,7-12,14H2,1-3H3,(H,24,25). The molecule has 0 radical (unpaired) electrons. The van der Waals surface area contributed by atoms with E-state index in [1.165, 1.54) is 0 Å². The molecule has 1 saturated carbocycles. The molecule has 26 heavy (non-hydrogen) atoms. The first kappa shape index (κ1) is 18.9. The van der Waals surface area contributed by atoms with Crippen molar-refractivity contribution >= 4 is 5.91 Å². The molecular weight excluding hydrogens is 324 g/mol. The van der Waals surface area contributed by atoms with E-state index in [1.807, 2.05) is 18.2 Å². The SMILES string of the molecule is CC(C)(C)C1CCC(C#N)(NC(=O)c2cccc(C3CCOC3)c2)CC1. The van der Waals surface area contributed by atoms with Crippen LogP contribution >= 0.6 is 0 Å². The molecule has 1 saturated heterocycles. The lowest BCUT2D eigenvalue weighted by molar-refractivity contribution is 0.0855. The summed E-state index contributed by atoms with van der Waals surface area (Å²) in [4.78, 5) is 12.8. The van der Waals surface area contributed by atoms with Gasteiger partial charge in [0.2, 0.25) is 0 Å². The molecule has 0 aromatic heterocycles. The van der Waals surface area contributed by atoms with Gasteiger partial charge in [-0.3, -0.25) is 4.79 Å². The van der Waals surface area contributed by atoms with Crippen molar-refractivity contribution in [3.8, 4) is 6.07 Å². The fourth-order valence-corrected chi connectivity index (χ4v) is 4.26. The van der Waals surface area contributed by atoms with Crippen LogP contribution in [0.25, 0.3) is 0 Å². The number of benzene rings is 1. The Bertz CT molecular complexity index is 685. The number of amides is 1. The lowest BCUT2D eigenvalue weighted by Gasteiger charge is -2.40. The summed E-state index contributed by atoms with van der Waals surface area (Å²) in [5, 5.41) is 12.8. The minimum Gasteiger partial charge on any atom is -0.381 e. The maximum Gasteiger partial charge on any atom is 0.252 e. The van der Waals surface area contributed by atoms with Crippen LogP contribution in [0.4, 0.5) is 0 Å². The van der Waals surface area contributed by atoms with E-state index in [-0.39, 0.29) is 11.3 Å². The molecule has 1 aromatic carbocycles. The Morgan fingerprint density at radius 2 is 2.00 bits per heavy atom. The van der Waals surface area contributed by atoms with Gasteiger partial charge in [-0.2, -0.15) is 5.26 Å². The third-order valence-corrected chi connectivity index (χ3v) is 6.18. The molecule has 1 N–H and O–H groups in total. The number of rotatable bonds is 3. The van der Waals surface area contributed by atoms with E-state index in [0.717, 1.165) is 50.9 Å². The number of hydrogen-bond donors (Lipinski definition) is 1. The first-order valence-electron chi connectivity index (χ1n) is 9.74. The van der Waals surface area contributed by atoms with E-state index in [9.17, 15) is 10.1 Å². The first-order valence-corrected chi connectivity index (χ1v) is 9.74. The summed E-state index contributed by atoms with van der Waals surface area (Å²) in [5.41, 5.74) is 1.31. The smallest absolute Gasteiger partial charge is 0.252 e. The average Bonchev–Trinajstić information content (AvgIpc) is 3.16. The van der Waals surface area contributed by atoms with E-state index < -0.39 is 5.54 Å². The summed E-state index contributed by atoms with van der Waals surface area (Å²) in [7, 11) is 0. The number of carbonyl (C=O) groups excluding carboxylic acids is 1. The highest BCUT2D eigenvalue weighted by molar-refractivity contribution is 5.95. The summed E-state index contributed by atoms with van der Waals surface area (Å²) >= 11 is 0. The van der Waals surface area contributed by atoms with Crippen molar-refractivity contribution < 1.29 is 9.53 Å². The third-order valence-electron chi connectivity index (χ3n) is 6.18. The second-order valence-electron chi connectivity index (χ2n) is 8.97. The third kappa shape index (κ3) is 4.10. The van der Waals surface area contributed by atoms with E-state index in [0.29, 0.717) is 17.4 Å². The Morgan fingerprint density at radius 1 is 1.27 bits per heavy atom. The molecule has 0 bridgehead atoms. The Labute approximate surface area is 156 Å². The second-order valence-corrected chi connectivity index (χ2v) is 8.97. The van der Waals surface area contributed by atoms with Gasteiger partial charge in [0.1, 0.15) is 5.54 Å². The van der Waals surface area contributed by atoms with E-state index in [1.54, 1.807) is 0 Å². The van der Waals surface area contributed by atoms with Gasteiger partial charge in [-0.25, -0.2) is 0 Å². The molecule has 2 fully saturated rings. The predicted molar refractivity (Wildman–Crippen MR) is 102 cm³/mol. The predicted octanol–water partition coefficient (Wildman–Crippen LogP) is 4.42. The number of ether oxygens (including phenoxy) is 1. The van der Waals surface area contributed by atoms with Crippen LogP contribution in [0.15, 0.2) is 24.3 Å². The van der Waals surface area contributed by atoms with Crippen molar-refractivity contribution in [2.45, 2.75) is 64.3 Å². The molecule has 1 aliphatic carbocycles. The van der Waals surface area contributed by atoms with Crippen LogP contribution in [-0.2, 0) is 4.74 Å². The summed E-state index contributed by atoms with van der Waals surface area (Å²) in [6.07, 6.45) is 4.43. The van der Waals surface area contributed by atoms with Crippen LogP contribution in [0.5, 0.6) is 0 Å². The Morgan fingerprint density at radius 3 is 2.58 bits per heavy atom. The second kappa shape index (κ2) is 7.40. The molecule has 3 rings (SSSR count). The molecule has 4 heteroatoms. The molecule has 2 aliphatic rings. The van der Waals surface area contributed by atoms with Crippen molar-refractivity contribution in [1.82, 2.24) is 5.32 Å². The molecule has 140 valence electrons. The Balaban J connectivity index is 1.69. The topological polar surface area (TPSA) is 62.1 Å². The Hall–Kier alpha value is -1.86. The van der Waals surface area contributed by atoms with Crippen LogP contribution < -0.4 is 5.32 Å². The number of hydrogen-bond acceptors (Lipinski definition) is 3. The quantitative estimate of drug-likeness (QED) is 0.874. The van der Waals surface area contributed by atoms with Gasteiger partial charge in [-0.15, -0.1) is 0 Å². The van der Waals surface area contributed by atoms with Crippen LogP contribution in [0.1, 0.15) is 74.7 Å². The van der Waals surface area contributed by atoms with Crippen LogP contribution in [0.3, 0.4) is 0 Å². The fourth-order valence-electron chi connectivity index (χ4n) is 4.26. The zero-order chi connectivity index (χ0) is 18.8.